The highest BCUT2D eigenvalue weighted by molar-refractivity contribution is 6.05. The van der Waals surface area contributed by atoms with Gasteiger partial charge in [0.2, 0.25) is 0 Å². The van der Waals surface area contributed by atoms with Crippen LogP contribution in [0, 0.1) is 0 Å². The summed E-state index contributed by atoms with van der Waals surface area (Å²) in [6, 6.07) is 12.8. The van der Waals surface area contributed by atoms with Crippen molar-refractivity contribution >= 4 is 11.9 Å². The molecule has 1 saturated heterocycles. The van der Waals surface area contributed by atoms with Crippen molar-refractivity contribution in [3.63, 3.8) is 0 Å². The Hall–Kier alpha value is -3.48. The number of rotatable bonds is 5. The maximum atomic E-state index is 13.3. The Morgan fingerprint density at radius 2 is 1.67 bits per heavy atom. The molecule has 7 heteroatoms. The standard InChI is InChI=1S/C26H30N4O3/c1-26(2,3)33-25(32)22-10-5-4-9-21(22)24(31)29-15-11-19(12-16-29)23-28-14-17-30(23)18-20-8-6-7-13-27-20/h4-10,13-14,17,19H,11-12,15-16,18H2,1-3H3. The Labute approximate surface area is 194 Å². The van der Waals surface area contributed by atoms with Crippen LogP contribution in [0.2, 0.25) is 0 Å². The minimum atomic E-state index is -0.622. The van der Waals surface area contributed by atoms with Crippen LogP contribution in [0.15, 0.2) is 61.1 Å². The van der Waals surface area contributed by atoms with Gasteiger partial charge in [-0.05, 0) is 57.9 Å². The van der Waals surface area contributed by atoms with Crippen molar-refractivity contribution in [2.24, 2.45) is 0 Å². The molecular formula is C26H30N4O3. The molecule has 7 nitrogen and oxygen atoms in total. The lowest BCUT2D eigenvalue weighted by molar-refractivity contribution is 0.00664. The second kappa shape index (κ2) is 9.57. The third-order valence-electron chi connectivity index (χ3n) is 5.73. The molecule has 1 aliphatic rings. The molecule has 3 aromatic rings. The Morgan fingerprint density at radius 1 is 0.970 bits per heavy atom. The monoisotopic (exact) mass is 446 g/mol. The number of nitrogens with zero attached hydrogens (tertiary/aromatic N) is 4. The topological polar surface area (TPSA) is 77.3 Å². The van der Waals surface area contributed by atoms with Crippen LogP contribution in [0.5, 0.6) is 0 Å². The molecule has 0 spiro atoms. The number of pyridine rings is 1. The number of amides is 1. The Bertz CT molecular complexity index is 1110. The van der Waals surface area contributed by atoms with Crippen LogP contribution in [0.1, 0.15) is 71.8 Å². The fraction of sp³-hybridized carbons (Fsp3) is 0.385. The zero-order valence-electron chi connectivity index (χ0n) is 19.4. The first-order valence-electron chi connectivity index (χ1n) is 11.3. The van der Waals surface area contributed by atoms with Gasteiger partial charge in [0.05, 0.1) is 23.4 Å². The first-order chi connectivity index (χ1) is 15.8. The highest BCUT2D eigenvalue weighted by atomic mass is 16.6. The molecule has 4 rings (SSSR count). The lowest BCUT2D eigenvalue weighted by Gasteiger charge is -2.32. The number of benzene rings is 1. The van der Waals surface area contributed by atoms with Crippen LogP contribution in [-0.2, 0) is 11.3 Å². The van der Waals surface area contributed by atoms with E-state index in [0.717, 1.165) is 24.4 Å². The summed E-state index contributed by atoms with van der Waals surface area (Å²) < 4.78 is 7.65. The molecule has 3 heterocycles. The highest BCUT2D eigenvalue weighted by Gasteiger charge is 2.30. The van der Waals surface area contributed by atoms with Gasteiger partial charge >= 0.3 is 5.97 Å². The molecule has 172 valence electrons. The van der Waals surface area contributed by atoms with E-state index in [9.17, 15) is 9.59 Å². The normalized spacial score (nSPS) is 14.8. The average Bonchev–Trinajstić information content (AvgIpc) is 3.26. The van der Waals surface area contributed by atoms with Crippen molar-refractivity contribution in [3.8, 4) is 0 Å². The lowest BCUT2D eigenvalue weighted by Crippen LogP contribution is -2.39. The zero-order valence-corrected chi connectivity index (χ0v) is 19.4. The van der Waals surface area contributed by atoms with Gasteiger partial charge in [-0.1, -0.05) is 18.2 Å². The Balaban J connectivity index is 1.43. The number of aromatic nitrogens is 3. The number of imidazole rings is 1. The quantitative estimate of drug-likeness (QED) is 0.546. The average molecular weight is 447 g/mol. The molecule has 0 N–H and O–H groups in total. The third kappa shape index (κ3) is 5.48. The van der Waals surface area contributed by atoms with Crippen LogP contribution in [-0.4, -0.2) is 50.0 Å². The second-order valence-corrected chi connectivity index (χ2v) is 9.35. The Morgan fingerprint density at radius 3 is 2.33 bits per heavy atom. The highest BCUT2D eigenvalue weighted by Crippen LogP contribution is 2.28. The van der Waals surface area contributed by atoms with Crippen LogP contribution >= 0.6 is 0 Å². The van der Waals surface area contributed by atoms with Gasteiger partial charge in [-0.15, -0.1) is 0 Å². The molecule has 0 unspecified atom stereocenters. The number of ether oxygens (including phenoxy) is 1. The van der Waals surface area contributed by atoms with E-state index < -0.39 is 11.6 Å². The van der Waals surface area contributed by atoms with Gasteiger partial charge in [-0.25, -0.2) is 9.78 Å². The molecule has 0 bridgehead atoms. The van der Waals surface area contributed by atoms with Crippen LogP contribution in [0.4, 0.5) is 0 Å². The molecule has 0 saturated carbocycles. The van der Waals surface area contributed by atoms with Gasteiger partial charge in [0, 0.05) is 37.6 Å². The van der Waals surface area contributed by atoms with Crippen molar-refractivity contribution in [1.29, 1.82) is 0 Å². The van der Waals surface area contributed by atoms with Gasteiger partial charge in [0.25, 0.3) is 5.91 Å². The number of hydrogen-bond donors (Lipinski definition) is 0. The summed E-state index contributed by atoms with van der Waals surface area (Å²) >= 11 is 0. The summed E-state index contributed by atoms with van der Waals surface area (Å²) in [4.78, 5) is 36.8. The summed E-state index contributed by atoms with van der Waals surface area (Å²) in [6.07, 6.45) is 7.25. The maximum absolute atomic E-state index is 13.3. The van der Waals surface area contributed by atoms with Gasteiger partial charge in [-0.2, -0.15) is 0 Å². The lowest BCUT2D eigenvalue weighted by atomic mass is 9.95. The molecule has 1 aromatic carbocycles. The predicted molar refractivity (Wildman–Crippen MR) is 125 cm³/mol. The molecule has 2 aromatic heterocycles. The molecule has 0 radical (unpaired) electrons. The van der Waals surface area contributed by atoms with Crippen molar-refractivity contribution in [2.75, 3.05) is 13.1 Å². The van der Waals surface area contributed by atoms with Crippen LogP contribution in [0.3, 0.4) is 0 Å². The van der Waals surface area contributed by atoms with E-state index in [1.807, 2.05) is 56.3 Å². The molecule has 1 fully saturated rings. The first-order valence-corrected chi connectivity index (χ1v) is 11.3. The maximum Gasteiger partial charge on any atom is 0.339 e. The first kappa shape index (κ1) is 22.7. The van der Waals surface area contributed by atoms with Gasteiger partial charge < -0.3 is 14.2 Å². The number of hydrogen-bond acceptors (Lipinski definition) is 5. The van der Waals surface area contributed by atoms with Crippen LogP contribution in [0.25, 0.3) is 0 Å². The number of likely N-dealkylation sites (tertiary alicyclic amines) is 1. The number of carbonyl (C=O) groups is 2. The molecule has 33 heavy (non-hydrogen) atoms. The molecule has 1 amide bonds. The summed E-state index contributed by atoms with van der Waals surface area (Å²) in [6.45, 7) is 7.36. The van der Waals surface area contributed by atoms with E-state index in [0.29, 0.717) is 30.8 Å². The van der Waals surface area contributed by atoms with Crippen LogP contribution < -0.4 is 0 Å². The van der Waals surface area contributed by atoms with E-state index in [-0.39, 0.29) is 11.8 Å². The van der Waals surface area contributed by atoms with E-state index >= 15 is 0 Å². The predicted octanol–water partition coefficient (Wildman–Crippen LogP) is 4.30. The molecular weight excluding hydrogens is 416 g/mol. The van der Waals surface area contributed by atoms with Crippen molar-refractivity contribution < 1.29 is 14.3 Å². The third-order valence-corrected chi connectivity index (χ3v) is 5.73. The van der Waals surface area contributed by atoms with E-state index in [1.165, 1.54) is 0 Å². The molecule has 1 aliphatic heterocycles. The second-order valence-electron chi connectivity index (χ2n) is 9.35. The van der Waals surface area contributed by atoms with E-state index in [1.54, 1.807) is 30.5 Å². The van der Waals surface area contributed by atoms with Crippen molar-refractivity contribution in [2.45, 2.75) is 51.7 Å². The zero-order chi connectivity index (χ0) is 23.4. The number of carbonyl (C=O) groups excluding carboxylic acids is 2. The Kier molecular flexibility index (Phi) is 6.58. The smallest absolute Gasteiger partial charge is 0.339 e. The largest absolute Gasteiger partial charge is 0.456 e. The van der Waals surface area contributed by atoms with Gasteiger partial charge in [-0.3, -0.25) is 9.78 Å². The van der Waals surface area contributed by atoms with Gasteiger partial charge in [0.15, 0.2) is 0 Å². The number of piperidine rings is 1. The summed E-state index contributed by atoms with van der Waals surface area (Å²) in [5.74, 6) is 0.695. The van der Waals surface area contributed by atoms with Crippen molar-refractivity contribution in [1.82, 2.24) is 19.4 Å². The number of esters is 1. The summed E-state index contributed by atoms with van der Waals surface area (Å²) in [5, 5.41) is 0. The fourth-order valence-corrected chi connectivity index (χ4v) is 4.17. The summed E-state index contributed by atoms with van der Waals surface area (Å²) in [5.41, 5.74) is 1.07. The SMILES string of the molecule is CC(C)(C)OC(=O)c1ccccc1C(=O)N1CCC(c2nccn2Cc2ccccn2)CC1. The molecule has 0 aliphatic carbocycles. The van der Waals surface area contributed by atoms with E-state index in [4.69, 9.17) is 4.74 Å². The van der Waals surface area contributed by atoms with Gasteiger partial charge in [0.1, 0.15) is 11.4 Å². The fourth-order valence-electron chi connectivity index (χ4n) is 4.17. The summed E-state index contributed by atoms with van der Waals surface area (Å²) in [7, 11) is 0. The molecule has 0 atom stereocenters. The van der Waals surface area contributed by atoms with E-state index in [2.05, 4.69) is 14.5 Å². The van der Waals surface area contributed by atoms with Crippen molar-refractivity contribution in [3.05, 3.63) is 83.7 Å². The minimum Gasteiger partial charge on any atom is -0.456 e. The minimum absolute atomic E-state index is 0.133.